The lowest BCUT2D eigenvalue weighted by Gasteiger charge is -2.37. The van der Waals surface area contributed by atoms with Gasteiger partial charge in [0.2, 0.25) is 10.0 Å². The maximum absolute atomic E-state index is 13.0. The molecule has 7 nitrogen and oxygen atoms in total. The lowest BCUT2D eigenvalue weighted by molar-refractivity contribution is -0.181. The van der Waals surface area contributed by atoms with Crippen molar-refractivity contribution >= 4 is 31.9 Å². The normalized spacial score (nSPS) is 23.2. The highest BCUT2D eigenvalue weighted by Gasteiger charge is 2.41. The number of hydrogen-bond donors (Lipinski definition) is 0. The predicted octanol–water partition coefficient (Wildman–Crippen LogP) is 2.21. The summed E-state index contributed by atoms with van der Waals surface area (Å²) in [5.41, 5.74) is 0.375. The Morgan fingerprint density at radius 2 is 1.67 bits per heavy atom. The molecule has 0 aromatic heterocycles. The van der Waals surface area contributed by atoms with E-state index in [1.807, 2.05) is 0 Å². The third-order valence-electron chi connectivity index (χ3n) is 5.50. The molecule has 3 fully saturated rings. The quantitative estimate of drug-likeness (QED) is 0.693. The molecular weight excluding hydrogens is 436 g/mol. The molecule has 1 amide bonds. The summed E-state index contributed by atoms with van der Waals surface area (Å²) < 4.78 is 39.1. The Kier molecular flexibility index (Phi) is 5.32. The largest absolute Gasteiger partial charge is 0.347 e. The van der Waals surface area contributed by atoms with Crippen LogP contribution in [0.4, 0.5) is 0 Å². The number of rotatable bonds is 3. The number of piperidine rings is 1. The van der Waals surface area contributed by atoms with Crippen molar-refractivity contribution in [3.05, 3.63) is 28.2 Å². The second kappa shape index (κ2) is 7.44. The van der Waals surface area contributed by atoms with Gasteiger partial charge in [-0.1, -0.05) is 0 Å². The van der Waals surface area contributed by atoms with E-state index < -0.39 is 15.8 Å². The molecule has 3 aliphatic rings. The van der Waals surface area contributed by atoms with Crippen LogP contribution in [0, 0.1) is 0 Å². The van der Waals surface area contributed by atoms with Crippen LogP contribution in [0.25, 0.3) is 0 Å². The molecule has 0 radical (unpaired) electrons. The molecule has 0 unspecified atom stereocenters. The summed E-state index contributed by atoms with van der Waals surface area (Å²) in [6.07, 6.45) is 3.01. The highest BCUT2D eigenvalue weighted by molar-refractivity contribution is 9.10. The number of carbonyl (C=O) groups excluding carboxylic acids is 1. The van der Waals surface area contributed by atoms with Gasteiger partial charge < -0.3 is 14.4 Å². The van der Waals surface area contributed by atoms with Gasteiger partial charge in [-0.3, -0.25) is 4.79 Å². The van der Waals surface area contributed by atoms with E-state index >= 15 is 0 Å². The van der Waals surface area contributed by atoms with Gasteiger partial charge in [0.1, 0.15) is 0 Å². The monoisotopic (exact) mass is 458 g/mol. The number of benzene rings is 1. The molecule has 0 N–H and O–H groups in total. The van der Waals surface area contributed by atoms with E-state index in [-0.39, 0.29) is 10.8 Å². The first-order valence-corrected chi connectivity index (χ1v) is 11.5. The molecule has 9 heteroatoms. The summed E-state index contributed by atoms with van der Waals surface area (Å²) in [5.74, 6) is -0.720. The number of halogens is 1. The fraction of sp³-hybridized carbons (Fsp3) is 0.611. The van der Waals surface area contributed by atoms with Crippen molar-refractivity contribution in [2.24, 2.45) is 0 Å². The van der Waals surface area contributed by atoms with E-state index in [2.05, 4.69) is 15.9 Å². The van der Waals surface area contributed by atoms with Crippen molar-refractivity contribution in [1.29, 1.82) is 0 Å². The topological polar surface area (TPSA) is 76.2 Å². The van der Waals surface area contributed by atoms with Gasteiger partial charge in [0.05, 0.1) is 23.7 Å². The van der Waals surface area contributed by atoms with Crippen LogP contribution in [-0.2, 0) is 19.5 Å². The maximum Gasteiger partial charge on any atom is 0.255 e. The van der Waals surface area contributed by atoms with Crippen LogP contribution in [0.3, 0.4) is 0 Å². The minimum atomic E-state index is -3.56. The number of sulfonamides is 1. The Morgan fingerprint density at radius 3 is 2.30 bits per heavy atom. The van der Waals surface area contributed by atoms with E-state index in [9.17, 15) is 13.2 Å². The van der Waals surface area contributed by atoms with E-state index in [0.29, 0.717) is 62.3 Å². The van der Waals surface area contributed by atoms with Crippen LogP contribution in [0.1, 0.15) is 36.0 Å². The van der Waals surface area contributed by atoms with Gasteiger partial charge >= 0.3 is 0 Å². The molecule has 3 aliphatic heterocycles. The lowest BCUT2D eigenvalue weighted by Crippen LogP contribution is -2.47. The Bertz CT molecular complexity index is 822. The van der Waals surface area contributed by atoms with Gasteiger partial charge in [-0.05, 0) is 47.0 Å². The minimum absolute atomic E-state index is 0.173. The predicted molar refractivity (Wildman–Crippen MR) is 102 cm³/mol. The maximum atomic E-state index is 13.0. The third kappa shape index (κ3) is 3.67. The highest BCUT2D eigenvalue weighted by Crippen LogP contribution is 2.33. The number of amides is 1. The Labute approximate surface area is 167 Å². The molecule has 1 aromatic rings. The zero-order valence-corrected chi connectivity index (χ0v) is 17.4. The molecule has 1 spiro atoms. The standard InChI is InChI=1S/C18H23BrN2O5S/c19-16-4-3-14(27(23,24)21-7-1-2-8-21)13-15(16)17(22)20-9-5-18(6-10-20)25-11-12-26-18/h3-4,13H,1-2,5-12H2. The van der Waals surface area contributed by atoms with Crippen molar-refractivity contribution in [2.45, 2.75) is 36.4 Å². The van der Waals surface area contributed by atoms with E-state index in [1.54, 1.807) is 17.0 Å². The zero-order valence-electron chi connectivity index (χ0n) is 15.0. The van der Waals surface area contributed by atoms with E-state index in [4.69, 9.17) is 9.47 Å². The Morgan fingerprint density at radius 1 is 1.04 bits per heavy atom. The molecule has 4 rings (SSSR count). The van der Waals surface area contributed by atoms with Crippen LogP contribution < -0.4 is 0 Å². The number of likely N-dealkylation sites (tertiary alicyclic amines) is 1. The summed E-state index contributed by atoms with van der Waals surface area (Å²) in [7, 11) is -3.56. The molecule has 0 saturated carbocycles. The smallest absolute Gasteiger partial charge is 0.255 e. The Balaban J connectivity index is 1.54. The molecule has 0 bridgehead atoms. The third-order valence-corrected chi connectivity index (χ3v) is 8.08. The van der Waals surface area contributed by atoms with E-state index in [0.717, 1.165) is 12.8 Å². The molecular formula is C18H23BrN2O5S. The fourth-order valence-corrected chi connectivity index (χ4v) is 5.87. The summed E-state index contributed by atoms with van der Waals surface area (Å²) in [4.78, 5) is 14.9. The van der Waals surface area contributed by atoms with E-state index in [1.165, 1.54) is 10.4 Å². The van der Waals surface area contributed by atoms with Crippen molar-refractivity contribution in [2.75, 3.05) is 39.4 Å². The van der Waals surface area contributed by atoms with Crippen molar-refractivity contribution in [1.82, 2.24) is 9.21 Å². The Hall–Kier alpha value is -1.00. The highest BCUT2D eigenvalue weighted by atomic mass is 79.9. The lowest BCUT2D eigenvalue weighted by atomic mass is 10.0. The number of hydrogen-bond acceptors (Lipinski definition) is 5. The second-order valence-electron chi connectivity index (χ2n) is 7.15. The van der Waals surface area contributed by atoms with Gasteiger partial charge in [0.15, 0.2) is 5.79 Å². The summed E-state index contributed by atoms with van der Waals surface area (Å²) in [5, 5.41) is 0. The van der Waals surface area contributed by atoms with Crippen LogP contribution in [0.2, 0.25) is 0 Å². The van der Waals surface area contributed by atoms with Crippen LogP contribution in [0.15, 0.2) is 27.6 Å². The van der Waals surface area contributed by atoms with Crippen LogP contribution in [-0.4, -0.2) is 68.7 Å². The molecule has 3 saturated heterocycles. The van der Waals surface area contributed by atoms with Crippen molar-refractivity contribution < 1.29 is 22.7 Å². The first kappa shape index (κ1) is 19.3. The van der Waals surface area contributed by atoms with Crippen LogP contribution in [0.5, 0.6) is 0 Å². The molecule has 27 heavy (non-hydrogen) atoms. The summed E-state index contributed by atoms with van der Waals surface area (Å²) in [6, 6.07) is 4.69. The summed E-state index contributed by atoms with van der Waals surface area (Å²) >= 11 is 3.40. The van der Waals surface area contributed by atoms with Gasteiger partial charge in [-0.25, -0.2) is 8.42 Å². The van der Waals surface area contributed by atoms with Gasteiger partial charge in [0, 0.05) is 43.5 Å². The number of nitrogens with zero attached hydrogens (tertiary/aromatic N) is 2. The van der Waals surface area contributed by atoms with Gasteiger partial charge in [-0.2, -0.15) is 4.31 Å². The fourth-order valence-electron chi connectivity index (χ4n) is 3.91. The molecule has 3 heterocycles. The van der Waals surface area contributed by atoms with Crippen LogP contribution >= 0.6 is 15.9 Å². The first-order valence-electron chi connectivity index (χ1n) is 9.28. The molecule has 148 valence electrons. The zero-order chi connectivity index (χ0) is 19.1. The SMILES string of the molecule is O=C(c1cc(S(=O)(=O)N2CCCC2)ccc1Br)N1CCC2(CC1)OCCO2. The van der Waals surface area contributed by atoms with Gasteiger partial charge in [0.25, 0.3) is 5.91 Å². The average molecular weight is 459 g/mol. The minimum Gasteiger partial charge on any atom is -0.347 e. The molecule has 1 aromatic carbocycles. The first-order chi connectivity index (χ1) is 12.9. The molecule has 0 atom stereocenters. The number of ether oxygens (including phenoxy) is 2. The number of carbonyl (C=O) groups is 1. The van der Waals surface area contributed by atoms with Gasteiger partial charge in [-0.15, -0.1) is 0 Å². The van der Waals surface area contributed by atoms with Crippen molar-refractivity contribution in [3.8, 4) is 0 Å². The second-order valence-corrected chi connectivity index (χ2v) is 9.94. The molecule has 0 aliphatic carbocycles. The van der Waals surface area contributed by atoms with Crippen molar-refractivity contribution in [3.63, 3.8) is 0 Å². The average Bonchev–Trinajstić information content (AvgIpc) is 3.35. The summed E-state index contributed by atoms with van der Waals surface area (Å²) in [6.45, 7) is 3.31.